The maximum absolute atomic E-state index is 11.7. The van der Waals surface area contributed by atoms with Crippen molar-refractivity contribution >= 4 is 28.9 Å². The van der Waals surface area contributed by atoms with Crippen LogP contribution in [0.4, 0.5) is 5.69 Å². The zero-order valence-electron chi connectivity index (χ0n) is 15.3. The molecule has 0 saturated carbocycles. The fourth-order valence-electron chi connectivity index (χ4n) is 2.67. The first-order chi connectivity index (χ1) is 11.9. The molecule has 0 aliphatic rings. The molecule has 1 amide bonds. The van der Waals surface area contributed by atoms with Crippen molar-refractivity contribution in [1.82, 2.24) is 15.1 Å². The second-order valence-corrected chi connectivity index (χ2v) is 6.66. The van der Waals surface area contributed by atoms with Gasteiger partial charge in [0.05, 0.1) is 5.69 Å². The van der Waals surface area contributed by atoms with Crippen LogP contribution in [-0.2, 0) is 18.3 Å². The van der Waals surface area contributed by atoms with E-state index in [0.29, 0.717) is 11.5 Å². The van der Waals surface area contributed by atoms with Crippen molar-refractivity contribution in [2.75, 3.05) is 5.32 Å². The van der Waals surface area contributed by atoms with Crippen LogP contribution in [0.15, 0.2) is 24.3 Å². The molecule has 0 atom stereocenters. The number of carbonyl (C=O) groups excluding carboxylic acids is 1. The normalized spacial score (nSPS) is 10.6. The first-order valence-electron chi connectivity index (χ1n) is 8.59. The number of hydrogen-bond acceptors (Lipinski definition) is 3. The van der Waals surface area contributed by atoms with E-state index in [1.54, 1.807) is 0 Å². The van der Waals surface area contributed by atoms with Crippen molar-refractivity contribution < 1.29 is 4.79 Å². The SMILES string of the molecule is CCCCC(=O)NC(=S)Nc1ccc(Cc2c(C)nn(C)c2C)cc1. The highest BCUT2D eigenvalue weighted by atomic mass is 32.1. The smallest absolute Gasteiger partial charge is 0.226 e. The number of unbranched alkanes of at least 4 members (excludes halogenated alkanes) is 1. The fourth-order valence-corrected chi connectivity index (χ4v) is 2.90. The van der Waals surface area contributed by atoms with E-state index < -0.39 is 0 Å². The Kier molecular flexibility index (Phi) is 6.70. The minimum Gasteiger partial charge on any atom is -0.332 e. The van der Waals surface area contributed by atoms with Crippen LogP contribution in [0.3, 0.4) is 0 Å². The lowest BCUT2D eigenvalue weighted by molar-refractivity contribution is -0.119. The second kappa shape index (κ2) is 8.76. The van der Waals surface area contributed by atoms with Crippen molar-refractivity contribution in [2.24, 2.45) is 7.05 Å². The summed E-state index contributed by atoms with van der Waals surface area (Å²) in [5, 5.41) is 10.6. The van der Waals surface area contributed by atoms with Crippen LogP contribution >= 0.6 is 12.2 Å². The average Bonchev–Trinajstić information content (AvgIpc) is 2.81. The van der Waals surface area contributed by atoms with Gasteiger partial charge in [0.1, 0.15) is 0 Å². The molecule has 2 N–H and O–H groups in total. The third-order valence-electron chi connectivity index (χ3n) is 4.26. The van der Waals surface area contributed by atoms with E-state index in [9.17, 15) is 4.79 Å². The highest BCUT2D eigenvalue weighted by Gasteiger charge is 2.10. The molecular weight excluding hydrogens is 332 g/mol. The van der Waals surface area contributed by atoms with Crippen molar-refractivity contribution in [3.63, 3.8) is 0 Å². The lowest BCUT2D eigenvalue weighted by Crippen LogP contribution is -2.33. The van der Waals surface area contributed by atoms with E-state index >= 15 is 0 Å². The van der Waals surface area contributed by atoms with E-state index in [-0.39, 0.29) is 5.91 Å². The molecule has 0 saturated heterocycles. The van der Waals surface area contributed by atoms with Crippen LogP contribution in [0, 0.1) is 13.8 Å². The maximum Gasteiger partial charge on any atom is 0.226 e. The summed E-state index contributed by atoms with van der Waals surface area (Å²) in [5.41, 5.74) is 5.60. The average molecular weight is 359 g/mol. The van der Waals surface area contributed by atoms with Crippen LogP contribution in [0.1, 0.15) is 48.7 Å². The molecule has 25 heavy (non-hydrogen) atoms. The minimum absolute atomic E-state index is 0.0431. The van der Waals surface area contributed by atoms with Gasteiger partial charge in [0.2, 0.25) is 5.91 Å². The van der Waals surface area contributed by atoms with E-state index in [1.165, 1.54) is 16.8 Å². The molecule has 1 aromatic carbocycles. The fraction of sp³-hybridized carbons (Fsp3) is 0.421. The van der Waals surface area contributed by atoms with Crippen LogP contribution in [0.5, 0.6) is 0 Å². The molecule has 2 aromatic rings. The van der Waals surface area contributed by atoms with Gasteiger partial charge in [-0.2, -0.15) is 5.10 Å². The summed E-state index contributed by atoms with van der Waals surface area (Å²) in [4.78, 5) is 11.7. The highest BCUT2D eigenvalue weighted by molar-refractivity contribution is 7.80. The van der Waals surface area contributed by atoms with Crippen molar-refractivity contribution in [2.45, 2.75) is 46.5 Å². The predicted octanol–water partition coefficient (Wildman–Crippen LogP) is 3.63. The monoisotopic (exact) mass is 358 g/mol. The Morgan fingerprint density at radius 1 is 1.24 bits per heavy atom. The van der Waals surface area contributed by atoms with Gasteiger partial charge in [-0.15, -0.1) is 0 Å². The van der Waals surface area contributed by atoms with Gasteiger partial charge in [-0.25, -0.2) is 0 Å². The third-order valence-corrected chi connectivity index (χ3v) is 4.47. The van der Waals surface area contributed by atoms with Gasteiger partial charge >= 0.3 is 0 Å². The van der Waals surface area contributed by atoms with Gasteiger partial charge in [0, 0.05) is 36.8 Å². The maximum atomic E-state index is 11.7. The Morgan fingerprint density at radius 3 is 2.48 bits per heavy atom. The molecule has 0 radical (unpaired) electrons. The standard InChI is InChI=1S/C19H26N4OS/c1-5-6-7-18(24)21-19(25)20-16-10-8-15(9-11-16)12-17-13(2)22-23(4)14(17)3/h8-11H,5-7,12H2,1-4H3,(H2,20,21,24,25). The molecule has 1 heterocycles. The molecular formula is C19H26N4OS. The van der Waals surface area contributed by atoms with E-state index in [1.807, 2.05) is 30.8 Å². The summed E-state index contributed by atoms with van der Waals surface area (Å²) in [7, 11) is 1.97. The van der Waals surface area contributed by atoms with Gasteiger partial charge < -0.3 is 10.6 Å². The quantitative estimate of drug-likeness (QED) is 0.774. The molecule has 0 bridgehead atoms. The minimum atomic E-state index is -0.0431. The number of amides is 1. The second-order valence-electron chi connectivity index (χ2n) is 6.25. The molecule has 0 fully saturated rings. The number of nitrogens with zero attached hydrogens (tertiary/aromatic N) is 2. The number of thiocarbonyl (C=S) groups is 1. The van der Waals surface area contributed by atoms with Gasteiger partial charge in [-0.3, -0.25) is 9.48 Å². The lowest BCUT2D eigenvalue weighted by Gasteiger charge is -2.10. The zero-order chi connectivity index (χ0) is 18.4. The molecule has 2 rings (SSSR count). The van der Waals surface area contributed by atoms with E-state index in [4.69, 9.17) is 12.2 Å². The Bertz CT molecular complexity index is 750. The zero-order valence-corrected chi connectivity index (χ0v) is 16.2. The van der Waals surface area contributed by atoms with Crippen molar-refractivity contribution in [3.05, 3.63) is 46.8 Å². The number of nitrogens with one attached hydrogen (secondary N) is 2. The number of rotatable bonds is 6. The molecule has 0 aliphatic carbocycles. The summed E-state index contributed by atoms with van der Waals surface area (Å²) in [5.74, 6) is -0.0431. The van der Waals surface area contributed by atoms with E-state index in [2.05, 4.69) is 41.7 Å². The predicted molar refractivity (Wildman–Crippen MR) is 106 cm³/mol. The summed E-state index contributed by atoms with van der Waals surface area (Å²) in [6.45, 7) is 6.18. The van der Waals surface area contributed by atoms with Crippen LogP contribution in [0.2, 0.25) is 0 Å². The highest BCUT2D eigenvalue weighted by Crippen LogP contribution is 2.18. The Morgan fingerprint density at radius 2 is 1.92 bits per heavy atom. The van der Waals surface area contributed by atoms with Crippen molar-refractivity contribution in [3.8, 4) is 0 Å². The molecule has 0 aliphatic heterocycles. The number of hydrogen-bond donors (Lipinski definition) is 2. The molecule has 6 heteroatoms. The van der Waals surface area contributed by atoms with Crippen molar-refractivity contribution in [1.29, 1.82) is 0 Å². The largest absolute Gasteiger partial charge is 0.332 e. The van der Waals surface area contributed by atoms with Gasteiger partial charge in [-0.1, -0.05) is 25.5 Å². The number of carbonyl (C=O) groups is 1. The molecule has 5 nitrogen and oxygen atoms in total. The summed E-state index contributed by atoms with van der Waals surface area (Å²) < 4.78 is 1.92. The summed E-state index contributed by atoms with van der Waals surface area (Å²) in [6, 6.07) is 8.08. The van der Waals surface area contributed by atoms with E-state index in [0.717, 1.165) is 30.6 Å². The van der Waals surface area contributed by atoms with Crippen LogP contribution in [-0.4, -0.2) is 20.8 Å². The van der Waals surface area contributed by atoms with Gasteiger partial charge in [0.15, 0.2) is 5.11 Å². The van der Waals surface area contributed by atoms with Crippen LogP contribution in [0.25, 0.3) is 0 Å². The van der Waals surface area contributed by atoms with Crippen LogP contribution < -0.4 is 10.6 Å². The first-order valence-corrected chi connectivity index (χ1v) is 9.00. The number of aromatic nitrogens is 2. The lowest BCUT2D eigenvalue weighted by atomic mass is 10.0. The Labute approximate surface area is 154 Å². The molecule has 1 aromatic heterocycles. The number of aryl methyl sites for hydroxylation is 2. The molecule has 0 unspecified atom stereocenters. The topological polar surface area (TPSA) is 59.0 Å². The molecule has 134 valence electrons. The van der Waals surface area contributed by atoms with Gasteiger partial charge in [0.25, 0.3) is 0 Å². The van der Waals surface area contributed by atoms with Gasteiger partial charge in [-0.05, 0) is 50.2 Å². The number of anilines is 1. The summed E-state index contributed by atoms with van der Waals surface area (Å²) >= 11 is 5.18. The number of benzene rings is 1. The third kappa shape index (κ3) is 5.39. The Hall–Kier alpha value is -2.21. The molecule has 0 spiro atoms. The first kappa shape index (κ1) is 19.1. The Balaban J connectivity index is 1.93. The summed E-state index contributed by atoms with van der Waals surface area (Å²) in [6.07, 6.45) is 3.21.